The maximum atomic E-state index is 11.9. The van der Waals surface area contributed by atoms with Crippen LogP contribution in [0.25, 0.3) is 0 Å². The number of pyridine rings is 1. The van der Waals surface area contributed by atoms with Crippen LogP contribution in [0, 0.1) is 0 Å². The van der Waals surface area contributed by atoms with Crippen LogP contribution in [0.4, 0.5) is 11.5 Å². The molecule has 5 nitrogen and oxygen atoms in total. The van der Waals surface area contributed by atoms with Gasteiger partial charge in [0.25, 0.3) is 0 Å². The fraction of sp³-hybridized carbons (Fsp3) is 0.583. The van der Waals surface area contributed by atoms with Gasteiger partial charge in [0.2, 0.25) is 10.0 Å². The molecule has 1 saturated carbocycles. The summed E-state index contributed by atoms with van der Waals surface area (Å²) in [7, 11) is -3.38. The summed E-state index contributed by atoms with van der Waals surface area (Å²) in [5.74, 6) is 0.788. The summed E-state index contributed by atoms with van der Waals surface area (Å²) in [4.78, 5) is 4.19. The molecule has 18 heavy (non-hydrogen) atoms. The van der Waals surface area contributed by atoms with Crippen molar-refractivity contribution in [1.29, 1.82) is 0 Å². The largest absolute Gasteiger partial charge is 0.367 e. The van der Waals surface area contributed by atoms with Crippen LogP contribution < -0.4 is 10.0 Å². The number of aromatic nitrogens is 1. The zero-order chi connectivity index (χ0) is 13.4. The fourth-order valence-corrected chi connectivity index (χ4v) is 2.02. The molecule has 2 rings (SSSR count). The normalized spacial score (nSPS) is 16.4. The van der Waals surface area contributed by atoms with Crippen molar-refractivity contribution in [3.8, 4) is 0 Å². The molecule has 6 heteroatoms. The minimum Gasteiger partial charge on any atom is -0.367 e. The molecule has 2 N–H and O–H groups in total. The maximum Gasteiger partial charge on any atom is 0.237 e. The highest BCUT2D eigenvalue weighted by Gasteiger charge is 2.29. The predicted molar refractivity (Wildman–Crippen MR) is 73.2 cm³/mol. The molecule has 1 aliphatic carbocycles. The van der Waals surface area contributed by atoms with Crippen LogP contribution >= 0.6 is 0 Å². The number of sulfonamides is 1. The van der Waals surface area contributed by atoms with Crippen LogP contribution in [0.5, 0.6) is 0 Å². The Morgan fingerprint density at radius 2 is 1.94 bits per heavy atom. The molecule has 0 aromatic carbocycles. The maximum absolute atomic E-state index is 11.9. The van der Waals surface area contributed by atoms with E-state index in [2.05, 4.69) is 15.0 Å². The summed E-state index contributed by atoms with van der Waals surface area (Å²) in [5.41, 5.74) is 0.492. The lowest BCUT2D eigenvalue weighted by Gasteiger charge is -2.20. The third-order valence-electron chi connectivity index (χ3n) is 2.75. The number of anilines is 2. The highest BCUT2D eigenvalue weighted by atomic mass is 32.2. The van der Waals surface area contributed by atoms with Crippen molar-refractivity contribution >= 4 is 21.5 Å². The van der Waals surface area contributed by atoms with E-state index in [1.54, 1.807) is 32.9 Å². The van der Waals surface area contributed by atoms with Crippen LogP contribution in [-0.2, 0) is 10.0 Å². The summed E-state index contributed by atoms with van der Waals surface area (Å²) in [5, 5.41) is 3.25. The van der Waals surface area contributed by atoms with E-state index < -0.39 is 14.8 Å². The molecule has 0 bridgehead atoms. The molecule has 1 aliphatic rings. The topological polar surface area (TPSA) is 71.1 Å². The first-order valence-corrected chi connectivity index (χ1v) is 7.51. The highest BCUT2D eigenvalue weighted by Crippen LogP contribution is 2.24. The molecular weight excluding hydrogens is 250 g/mol. The summed E-state index contributed by atoms with van der Waals surface area (Å²) in [6.45, 7) is 4.98. The van der Waals surface area contributed by atoms with Gasteiger partial charge in [0.05, 0.1) is 16.6 Å². The average molecular weight is 269 g/mol. The standard InChI is InChI=1S/C12H19N3O2S/c1-12(2,3)18(16,17)15-10-6-7-11(13-8-10)14-9-4-5-9/h6-9,15H,4-5H2,1-3H3,(H,13,14). The monoisotopic (exact) mass is 269 g/mol. The first kappa shape index (κ1) is 13.1. The molecule has 100 valence electrons. The number of hydrogen-bond donors (Lipinski definition) is 2. The van der Waals surface area contributed by atoms with Crippen molar-refractivity contribution < 1.29 is 8.42 Å². The van der Waals surface area contributed by atoms with E-state index in [1.807, 2.05) is 0 Å². The van der Waals surface area contributed by atoms with E-state index in [0.29, 0.717) is 11.7 Å². The van der Waals surface area contributed by atoms with Crippen molar-refractivity contribution in [3.05, 3.63) is 18.3 Å². The van der Waals surface area contributed by atoms with Crippen LogP contribution in [0.2, 0.25) is 0 Å². The number of hydrogen-bond acceptors (Lipinski definition) is 4. The van der Waals surface area contributed by atoms with Gasteiger partial charge in [-0.15, -0.1) is 0 Å². The Kier molecular flexibility index (Phi) is 3.23. The molecule has 1 fully saturated rings. The van der Waals surface area contributed by atoms with E-state index >= 15 is 0 Å². The van der Waals surface area contributed by atoms with Gasteiger partial charge >= 0.3 is 0 Å². The fourth-order valence-electron chi connectivity index (χ4n) is 1.28. The highest BCUT2D eigenvalue weighted by molar-refractivity contribution is 7.94. The van der Waals surface area contributed by atoms with Gasteiger partial charge in [0.15, 0.2) is 0 Å². The van der Waals surface area contributed by atoms with Gasteiger partial charge in [-0.05, 0) is 45.7 Å². The second-order valence-corrected chi connectivity index (χ2v) is 8.00. The first-order chi connectivity index (χ1) is 8.28. The molecule has 0 atom stereocenters. The van der Waals surface area contributed by atoms with Gasteiger partial charge in [0, 0.05) is 6.04 Å². The molecule has 0 spiro atoms. The lowest BCUT2D eigenvalue weighted by Crippen LogP contribution is -2.33. The number of nitrogens with one attached hydrogen (secondary N) is 2. The summed E-state index contributed by atoms with van der Waals surface area (Å²) in [6.07, 6.45) is 3.90. The van der Waals surface area contributed by atoms with E-state index in [9.17, 15) is 8.42 Å². The Morgan fingerprint density at radius 3 is 2.39 bits per heavy atom. The molecule has 1 aromatic heterocycles. The molecular formula is C12H19N3O2S. The van der Waals surface area contributed by atoms with Gasteiger partial charge in [-0.1, -0.05) is 0 Å². The third kappa shape index (κ3) is 3.13. The van der Waals surface area contributed by atoms with Crippen LogP contribution in [0.3, 0.4) is 0 Å². The van der Waals surface area contributed by atoms with Gasteiger partial charge in [0.1, 0.15) is 5.82 Å². The van der Waals surface area contributed by atoms with Crippen molar-refractivity contribution in [2.24, 2.45) is 0 Å². The zero-order valence-electron chi connectivity index (χ0n) is 10.9. The smallest absolute Gasteiger partial charge is 0.237 e. The Balaban J connectivity index is 2.06. The predicted octanol–water partition coefficient (Wildman–Crippen LogP) is 2.20. The van der Waals surface area contributed by atoms with E-state index in [1.165, 1.54) is 19.0 Å². The lowest BCUT2D eigenvalue weighted by atomic mass is 10.3. The second-order valence-electron chi connectivity index (χ2n) is 5.57. The minimum absolute atomic E-state index is 0.492. The summed E-state index contributed by atoms with van der Waals surface area (Å²) >= 11 is 0. The van der Waals surface area contributed by atoms with Crippen LogP contribution in [0.15, 0.2) is 18.3 Å². The molecule has 0 radical (unpaired) electrons. The Morgan fingerprint density at radius 1 is 1.28 bits per heavy atom. The summed E-state index contributed by atoms with van der Waals surface area (Å²) < 4.78 is 25.6. The first-order valence-electron chi connectivity index (χ1n) is 6.03. The van der Waals surface area contributed by atoms with Crippen molar-refractivity contribution in [3.63, 3.8) is 0 Å². The minimum atomic E-state index is -3.38. The average Bonchev–Trinajstić information content (AvgIpc) is 3.03. The van der Waals surface area contributed by atoms with Crippen molar-refractivity contribution in [2.75, 3.05) is 10.0 Å². The lowest BCUT2D eigenvalue weighted by molar-refractivity contribution is 0.566. The number of nitrogens with zero attached hydrogens (tertiary/aromatic N) is 1. The molecule has 0 unspecified atom stereocenters. The van der Waals surface area contributed by atoms with E-state index in [4.69, 9.17) is 0 Å². The third-order valence-corrected chi connectivity index (χ3v) is 4.87. The SMILES string of the molecule is CC(C)(C)S(=O)(=O)Nc1ccc(NC2CC2)nc1. The van der Waals surface area contributed by atoms with Crippen LogP contribution in [0.1, 0.15) is 33.6 Å². The molecule has 0 aliphatic heterocycles. The molecule has 0 saturated heterocycles. The second kappa shape index (κ2) is 4.42. The Hall–Kier alpha value is -1.30. The van der Waals surface area contributed by atoms with Crippen molar-refractivity contribution in [2.45, 2.75) is 44.4 Å². The zero-order valence-corrected chi connectivity index (χ0v) is 11.7. The number of rotatable bonds is 4. The Bertz CT molecular complexity index is 513. The van der Waals surface area contributed by atoms with E-state index in [0.717, 1.165) is 5.82 Å². The van der Waals surface area contributed by atoms with Gasteiger partial charge in [-0.2, -0.15) is 0 Å². The molecule has 1 aromatic rings. The van der Waals surface area contributed by atoms with Gasteiger partial charge in [-0.3, -0.25) is 4.72 Å². The van der Waals surface area contributed by atoms with Crippen molar-refractivity contribution in [1.82, 2.24) is 4.98 Å². The quantitative estimate of drug-likeness (QED) is 0.879. The molecule has 1 heterocycles. The Labute approximate surface area is 108 Å². The molecule has 0 amide bonds. The van der Waals surface area contributed by atoms with Crippen LogP contribution in [-0.4, -0.2) is 24.2 Å². The van der Waals surface area contributed by atoms with E-state index in [-0.39, 0.29) is 0 Å². The summed E-state index contributed by atoms with van der Waals surface area (Å²) in [6, 6.07) is 4.05. The van der Waals surface area contributed by atoms with Gasteiger partial charge in [-0.25, -0.2) is 13.4 Å². The van der Waals surface area contributed by atoms with Gasteiger partial charge < -0.3 is 5.32 Å².